The van der Waals surface area contributed by atoms with E-state index >= 15 is 0 Å². The molecule has 1 aromatic carbocycles. The van der Waals surface area contributed by atoms with Crippen LogP contribution in [0.5, 0.6) is 5.75 Å². The van der Waals surface area contributed by atoms with E-state index in [1.54, 1.807) is 0 Å². The number of carboxylic acids is 1. The van der Waals surface area contributed by atoms with Gasteiger partial charge in [0.1, 0.15) is 11.9 Å². The molecule has 1 unspecified atom stereocenters. The first-order valence-corrected chi connectivity index (χ1v) is 8.19. The average molecular weight is 319 g/mol. The average Bonchev–Trinajstić information content (AvgIpc) is 2.48. The van der Waals surface area contributed by atoms with Crippen LogP contribution in [0, 0.1) is 12.3 Å². The highest BCUT2D eigenvalue weighted by Gasteiger charge is 2.45. The van der Waals surface area contributed by atoms with E-state index in [0.29, 0.717) is 19.4 Å². The predicted molar refractivity (Wildman–Crippen MR) is 87.4 cm³/mol. The maximum atomic E-state index is 12.1. The van der Waals surface area contributed by atoms with Gasteiger partial charge in [-0.3, -0.25) is 9.59 Å². The molecule has 0 heterocycles. The Bertz CT molecular complexity index is 566. The van der Waals surface area contributed by atoms with Gasteiger partial charge in [0.15, 0.2) is 0 Å². The summed E-state index contributed by atoms with van der Waals surface area (Å²) in [6.07, 6.45) is 2.76. The number of para-hydroxylation sites is 1. The molecule has 1 aromatic rings. The number of rotatable bonds is 8. The molecule has 126 valence electrons. The van der Waals surface area contributed by atoms with E-state index in [4.69, 9.17) is 4.74 Å². The van der Waals surface area contributed by atoms with Crippen LogP contribution in [0.25, 0.3) is 0 Å². The number of aliphatic carboxylic acids is 1. The lowest BCUT2D eigenvalue weighted by Gasteiger charge is -2.37. The van der Waals surface area contributed by atoms with Crippen molar-refractivity contribution in [1.82, 2.24) is 5.32 Å². The van der Waals surface area contributed by atoms with Crippen molar-refractivity contribution >= 4 is 11.9 Å². The van der Waals surface area contributed by atoms with E-state index in [9.17, 15) is 14.7 Å². The molecule has 1 aliphatic carbocycles. The summed E-state index contributed by atoms with van der Waals surface area (Å²) in [6.45, 7) is 4.37. The quantitative estimate of drug-likeness (QED) is 0.772. The molecule has 23 heavy (non-hydrogen) atoms. The summed E-state index contributed by atoms with van der Waals surface area (Å²) in [5.74, 6) is -0.254. The van der Waals surface area contributed by atoms with Gasteiger partial charge in [-0.2, -0.15) is 0 Å². The van der Waals surface area contributed by atoms with Gasteiger partial charge in [0.2, 0.25) is 5.91 Å². The van der Waals surface area contributed by atoms with Crippen LogP contribution in [-0.4, -0.2) is 29.6 Å². The zero-order chi connectivity index (χ0) is 16.9. The molecule has 5 heteroatoms. The van der Waals surface area contributed by atoms with Crippen LogP contribution in [0.1, 0.15) is 44.6 Å². The molecule has 1 amide bonds. The number of hydrogen-bond donors (Lipinski definition) is 2. The highest BCUT2D eigenvalue weighted by molar-refractivity contribution is 5.85. The number of benzene rings is 1. The van der Waals surface area contributed by atoms with Crippen LogP contribution < -0.4 is 10.1 Å². The zero-order valence-electron chi connectivity index (χ0n) is 13.8. The van der Waals surface area contributed by atoms with Crippen molar-refractivity contribution in [2.75, 3.05) is 6.54 Å². The Morgan fingerprint density at radius 1 is 1.35 bits per heavy atom. The van der Waals surface area contributed by atoms with Crippen LogP contribution in [0.2, 0.25) is 0 Å². The number of carbonyl (C=O) groups excluding carboxylic acids is 1. The van der Waals surface area contributed by atoms with Crippen molar-refractivity contribution in [3.05, 3.63) is 29.8 Å². The number of aryl methyl sites for hydroxylation is 1. The van der Waals surface area contributed by atoms with Crippen LogP contribution >= 0.6 is 0 Å². The second-order valence-corrected chi connectivity index (χ2v) is 6.33. The fourth-order valence-electron chi connectivity index (χ4n) is 2.80. The normalized spacial score (nSPS) is 17.0. The van der Waals surface area contributed by atoms with Gasteiger partial charge < -0.3 is 15.2 Å². The molecule has 0 aromatic heterocycles. The molecular weight excluding hydrogens is 294 g/mol. The minimum Gasteiger partial charge on any atom is -0.488 e. The highest BCUT2D eigenvalue weighted by Crippen LogP contribution is 2.44. The van der Waals surface area contributed by atoms with Gasteiger partial charge >= 0.3 is 5.97 Å². The molecule has 0 aliphatic heterocycles. The third-order valence-electron chi connectivity index (χ3n) is 4.63. The first-order chi connectivity index (χ1) is 11.0. The molecule has 1 saturated carbocycles. The number of hydrogen-bond acceptors (Lipinski definition) is 3. The Labute approximate surface area is 137 Å². The van der Waals surface area contributed by atoms with Gasteiger partial charge in [0, 0.05) is 6.42 Å². The molecule has 0 spiro atoms. The SMILES string of the molecule is CCC(CNC(=O)CC1(C(=O)O)CCC1)Oc1ccccc1C. The molecule has 0 saturated heterocycles. The lowest BCUT2D eigenvalue weighted by molar-refractivity contribution is -0.157. The van der Waals surface area contributed by atoms with Gasteiger partial charge in [0.25, 0.3) is 0 Å². The van der Waals surface area contributed by atoms with E-state index in [1.165, 1.54) is 0 Å². The topological polar surface area (TPSA) is 75.6 Å². The Kier molecular flexibility index (Phi) is 5.64. The second-order valence-electron chi connectivity index (χ2n) is 6.33. The van der Waals surface area contributed by atoms with Gasteiger partial charge in [-0.1, -0.05) is 31.5 Å². The number of nitrogens with one attached hydrogen (secondary N) is 1. The number of amides is 1. The summed E-state index contributed by atoms with van der Waals surface area (Å²) < 4.78 is 5.93. The monoisotopic (exact) mass is 319 g/mol. The molecule has 2 rings (SSSR count). The summed E-state index contributed by atoms with van der Waals surface area (Å²) >= 11 is 0. The highest BCUT2D eigenvalue weighted by atomic mass is 16.5. The largest absolute Gasteiger partial charge is 0.488 e. The minimum atomic E-state index is -0.859. The van der Waals surface area contributed by atoms with E-state index in [2.05, 4.69) is 5.32 Å². The van der Waals surface area contributed by atoms with E-state index < -0.39 is 11.4 Å². The molecule has 5 nitrogen and oxygen atoms in total. The van der Waals surface area contributed by atoms with E-state index in [-0.39, 0.29) is 18.4 Å². The van der Waals surface area contributed by atoms with Gasteiger partial charge in [-0.15, -0.1) is 0 Å². The second kappa shape index (κ2) is 7.49. The van der Waals surface area contributed by atoms with Crippen molar-refractivity contribution in [2.45, 2.75) is 52.1 Å². The minimum absolute atomic E-state index is 0.0587. The van der Waals surface area contributed by atoms with Crippen LogP contribution in [0.15, 0.2) is 24.3 Å². The van der Waals surface area contributed by atoms with Crippen molar-refractivity contribution in [1.29, 1.82) is 0 Å². The third-order valence-corrected chi connectivity index (χ3v) is 4.63. The van der Waals surface area contributed by atoms with Crippen molar-refractivity contribution in [3.8, 4) is 5.75 Å². The first kappa shape index (κ1) is 17.3. The maximum Gasteiger partial charge on any atom is 0.310 e. The summed E-state index contributed by atoms with van der Waals surface area (Å²) in [7, 11) is 0. The number of carbonyl (C=O) groups is 2. The molecule has 1 aliphatic rings. The van der Waals surface area contributed by atoms with Crippen LogP contribution in [0.3, 0.4) is 0 Å². The molecule has 0 bridgehead atoms. The van der Waals surface area contributed by atoms with Crippen LogP contribution in [0.4, 0.5) is 0 Å². The zero-order valence-corrected chi connectivity index (χ0v) is 13.8. The van der Waals surface area contributed by atoms with Gasteiger partial charge in [-0.05, 0) is 37.8 Å². The summed E-state index contributed by atoms with van der Waals surface area (Å²) in [6, 6.07) is 7.76. The Balaban J connectivity index is 1.84. The van der Waals surface area contributed by atoms with E-state index in [0.717, 1.165) is 24.2 Å². The van der Waals surface area contributed by atoms with Gasteiger partial charge in [0.05, 0.1) is 12.0 Å². The first-order valence-electron chi connectivity index (χ1n) is 8.19. The molecule has 0 radical (unpaired) electrons. The summed E-state index contributed by atoms with van der Waals surface area (Å²) in [5, 5.41) is 12.1. The van der Waals surface area contributed by atoms with Crippen molar-refractivity contribution in [2.24, 2.45) is 5.41 Å². The Morgan fingerprint density at radius 2 is 2.04 bits per heavy atom. The molecule has 1 fully saturated rings. The van der Waals surface area contributed by atoms with Crippen molar-refractivity contribution < 1.29 is 19.4 Å². The molecular formula is C18H25NO4. The Morgan fingerprint density at radius 3 is 2.57 bits per heavy atom. The van der Waals surface area contributed by atoms with E-state index in [1.807, 2.05) is 38.1 Å². The van der Waals surface area contributed by atoms with Crippen molar-refractivity contribution in [3.63, 3.8) is 0 Å². The lowest BCUT2D eigenvalue weighted by atomic mass is 9.66. The number of carboxylic acid groups (broad SMARTS) is 1. The molecule has 1 atom stereocenters. The summed E-state index contributed by atoms with van der Waals surface area (Å²) in [4.78, 5) is 23.4. The maximum absolute atomic E-state index is 12.1. The van der Waals surface area contributed by atoms with Gasteiger partial charge in [-0.25, -0.2) is 0 Å². The fraction of sp³-hybridized carbons (Fsp3) is 0.556. The predicted octanol–water partition coefficient (Wildman–Crippen LogP) is 2.91. The molecule has 2 N–H and O–H groups in total. The fourth-order valence-corrected chi connectivity index (χ4v) is 2.80. The summed E-state index contributed by atoms with van der Waals surface area (Å²) in [5.41, 5.74) is 0.208. The smallest absolute Gasteiger partial charge is 0.310 e. The number of ether oxygens (including phenoxy) is 1. The Hall–Kier alpha value is -2.04. The standard InChI is InChI=1S/C18H25NO4/c1-3-14(23-15-8-5-4-7-13(15)2)12-19-16(20)11-18(17(21)22)9-6-10-18/h4-5,7-8,14H,3,6,9-12H2,1-2H3,(H,19,20)(H,21,22). The third kappa shape index (κ3) is 4.24. The van der Waals surface area contributed by atoms with Crippen LogP contribution in [-0.2, 0) is 9.59 Å². The lowest BCUT2D eigenvalue weighted by Crippen LogP contribution is -2.44.